The van der Waals surface area contributed by atoms with E-state index in [1.165, 1.54) is 0 Å². The number of rotatable bonds is 2. The second-order valence-corrected chi connectivity index (χ2v) is 7.87. The highest BCUT2D eigenvalue weighted by Gasteiger charge is 2.52. The average molecular weight is 326 g/mol. The van der Waals surface area contributed by atoms with Crippen LogP contribution in [0.5, 0.6) is 0 Å². The maximum absolute atomic E-state index is 12.4. The summed E-state index contributed by atoms with van der Waals surface area (Å²) >= 11 is 5.98. The summed E-state index contributed by atoms with van der Waals surface area (Å²) in [6.45, 7) is 9.44. The molecule has 0 saturated carbocycles. The van der Waals surface area contributed by atoms with Crippen molar-refractivity contribution in [1.29, 1.82) is 0 Å². The fourth-order valence-corrected chi connectivity index (χ4v) is 3.10. The van der Waals surface area contributed by atoms with Crippen molar-refractivity contribution in [2.75, 3.05) is 0 Å². The normalized spacial score (nSPS) is 22.0. The Balaban J connectivity index is 2.19. The average Bonchev–Trinajstić information content (AvgIpc) is 2.33. The molecule has 0 aliphatic carbocycles. The van der Waals surface area contributed by atoms with E-state index in [1.807, 2.05) is 40.7 Å². The highest BCUT2D eigenvalue weighted by Crippen LogP contribution is 2.43. The minimum Gasteiger partial charge on any atom is -0.444 e. The van der Waals surface area contributed by atoms with Gasteiger partial charge in [-0.3, -0.25) is 4.90 Å². The monoisotopic (exact) mass is 325 g/mol. The number of carbonyl (C=O) groups excluding carboxylic acids is 1. The number of carbonyl (C=O) groups is 1. The molecule has 0 aromatic heterocycles. The van der Waals surface area contributed by atoms with E-state index in [9.17, 15) is 9.90 Å². The Morgan fingerprint density at radius 2 is 2.09 bits per heavy atom. The van der Waals surface area contributed by atoms with E-state index in [0.717, 1.165) is 0 Å². The summed E-state index contributed by atoms with van der Waals surface area (Å²) in [5, 5.41) is 11.2. The largest absolute Gasteiger partial charge is 0.444 e. The summed E-state index contributed by atoms with van der Waals surface area (Å²) in [5.41, 5.74) is -0.178. The van der Waals surface area contributed by atoms with Crippen LogP contribution >= 0.6 is 11.6 Å². The fourth-order valence-electron chi connectivity index (χ4n) is 2.90. The molecule has 1 aliphatic rings. The Labute approximate surface area is 137 Å². The number of hydrogen-bond donors (Lipinski definition) is 1. The maximum Gasteiger partial charge on any atom is 0.411 e. The molecule has 1 aromatic rings. The summed E-state index contributed by atoms with van der Waals surface area (Å²) in [4.78, 5) is 14.1. The minimum atomic E-state index is -0.778. The van der Waals surface area contributed by atoms with Crippen LogP contribution in [-0.4, -0.2) is 33.3 Å². The van der Waals surface area contributed by atoms with Crippen molar-refractivity contribution in [3.63, 3.8) is 0 Å². The maximum atomic E-state index is 12.4. The van der Waals surface area contributed by atoms with Crippen LogP contribution in [0.1, 0.15) is 52.7 Å². The summed E-state index contributed by atoms with van der Waals surface area (Å²) in [6, 6.07) is 6.79. The van der Waals surface area contributed by atoms with E-state index < -0.39 is 17.8 Å². The number of benzene rings is 1. The Bertz CT molecular complexity index is 565. The predicted molar refractivity (Wildman–Crippen MR) is 87.0 cm³/mol. The number of ether oxygens (including phenoxy) is 1. The molecule has 2 atom stereocenters. The highest BCUT2D eigenvalue weighted by atomic mass is 35.5. The first kappa shape index (κ1) is 17.1. The Morgan fingerprint density at radius 3 is 2.59 bits per heavy atom. The van der Waals surface area contributed by atoms with E-state index in [4.69, 9.17) is 16.3 Å². The van der Waals surface area contributed by atoms with Crippen LogP contribution in [0.3, 0.4) is 0 Å². The molecule has 1 aliphatic heterocycles. The van der Waals surface area contributed by atoms with Gasteiger partial charge in [0, 0.05) is 10.6 Å². The first-order chi connectivity index (χ1) is 10.0. The van der Waals surface area contributed by atoms with Gasteiger partial charge in [-0.2, -0.15) is 0 Å². The van der Waals surface area contributed by atoms with E-state index in [0.29, 0.717) is 17.0 Å². The molecule has 1 amide bonds. The third-order valence-electron chi connectivity index (χ3n) is 3.84. The summed E-state index contributed by atoms with van der Waals surface area (Å²) < 4.78 is 5.47. The van der Waals surface area contributed by atoms with Gasteiger partial charge in [-0.1, -0.05) is 23.7 Å². The number of hydrogen-bond acceptors (Lipinski definition) is 3. The van der Waals surface area contributed by atoms with Gasteiger partial charge in [0.2, 0.25) is 0 Å². The number of aliphatic hydroxyl groups is 1. The minimum absolute atomic E-state index is 0.302. The Morgan fingerprint density at radius 1 is 1.45 bits per heavy atom. The van der Waals surface area contributed by atoms with Gasteiger partial charge in [0.1, 0.15) is 5.60 Å². The zero-order valence-electron chi connectivity index (χ0n) is 13.8. The third kappa shape index (κ3) is 3.55. The molecule has 1 saturated heterocycles. The van der Waals surface area contributed by atoms with Crippen LogP contribution < -0.4 is 0 Å². The van der Waals surface area contributed by atoms with Crippen molar-refractivity contribution in [1.82, 2.24) is 4.90 Å². The Kier molecular flexibility index (Phi) is 4.46. The molecule has 5 heteroatoms. The molecule has 0 spiro atoms. The van der Waals surface area contributed by atoms with Crippen LogP contribution in [0, 0.1) is 0 Å². The molecular weight excluding hydrogens is 302 g/mol. The van der Waals surface area contributed by atoms with Gasteiger partial charge in [0.25, 0.3) is 0 Å². The van der Waals surface area contributed by atoms with Crippen molar-refractivity contribution in [2.45, 2.75) is 64.3 Å². The van der Waals surface area contributed by atoms with Gasteiger partial charge in [-0.05, 0) is 58.7 Å². The summed E-state index contributed by atoms with van der Waals surface area (Å²) in [5.74, 6) is 0. The molecule has 122 valence electrons. The van der Waals surface area contributed by atoms with Crippen molar-refractivity contribution in [3.8, 4) is 0 Å². The van der Waals surface area contributed by atoms with Crippen LogP contribution in [0.15, 0.2) is 24.3 Å². The second-order valence-electron chi connectivity index (χ2n) is 7.43. The lowest BCUT2D eigenvalue weighted by atomic mass is 9.77. The number of nitrogens with zero attached hydrogens (tertiary/aromatic N) is 1. The van der Waals surface area contributed by atoms with Gasteiger partial charge < -0.3 is 9.84 Å². The van der Waals surface area contributed by atoms with Crippen LogP contribution in [0.2, 0.25) is 5.02 Å². The molecule has 1 N–H and O–H groups in total. The summed E-state index contributed by atoms with van der Waals surface area (Å²) in [7, 11) is 0. The van der Waals surface area contributed by atoms with Gasteiger partial charge in [0.05, 0.1) is 12.1 Å². The second kappa shape index (κ2) is 5.74. The molecular formula is C17H24ClNO3. The first-order valence-corrected chi connectivity index (χ1v) is 7.85. The van der Waals surface area contributed by atoms with Crippen LogP contribution in [0.25, 0.3) is 0 Å². The van der Waals surface area contributed by atoms with Gasteiger partial charge >= 0.3 is 6.09 Å². The van der Waals surface area contributed by atoms with E-state index >= 15 is 0 Å². The van der Waals surface area contributed by atoms with Crippen molar-refractivity contribution in [3.05, 3.63) is 34.9 Å². The van der Waals surface area contributed by atoms with E-state index in [2.05, 4.69) is 0 Å². The molecule has 4 nitrogen and oxygen atoms in total. The molecule has 0 unspecified atom stereocenters. The zero-order chi connectivity index (χ0) is 16.7. The molecule has 1 heterocycles. The number of likely N-dealkylation sites (tertiary alicyclic amines) is 1. The summed E-state index contributed by atoms with van der Waals surface area (Å²) in [6.07, 6.45) is -0.464. The molecule has 2 rings (SSSR count). The number of aliphatic hydroxyl groups excluding tert-OH is 1. The van der Waals surface area contributed by atoms with Crippen molar-refractivity contribution in [2.24, 2.45) is 0 Å². The lowest BCUT2D eigenvalue weighted by Crippen LogP contribution is -2.67. The van der Waals surface area contributed by atoms with E-state index in [1.54, 1.807) is 23.1 Å². The highest BCUT2D eigenvalue weighted by molar-refractivity contribution is 6.30. The van der Waals surface area contributed by atoms with Crippen molar-refractivity contribution >= 4 is 17.7 Å². The molecule has 0 radical (unpaired) electrons. The standard InChI is InChI=1S/C17H24ClNO3/c1-16(2,3)22-15(21)19-13(10-17(19,4)5)14(20)11-7-6-8-12(18)9-11/h6-9,13-14,20H,10H2,1-5H3/t13-,14+/m1/s1. The van der Waals surface area contributed by atoms with Crippen molar-refractivity contribution < 1.29 is 14.6 Å². The lowest BCUT2D eigenvalue weighted by Gasteiger charge is -2.56. The molecule has 1 fully saturated rings. The topological polar surface area (TPSA) is 49.8 Å². The smallest absolute Gasteiger partial charge is 0.411 e. The lowest BCUT2D eigenvalue weighted by molar-refractivity contribution is -0.105. The first-order valence-electron chi connectivity index (χ1n) is 7.47. The number of halogens is 1. The number of amides is 1. The quantitative estimate of drug-likeness (QED) is 0.888. The van der Waals surface area contributed by atoms with Crippen LogP contribution in [0.4, 0.5) is 4.79 Å². The fraction of sp³-hybridized carbons (Fsp3) is 0.588. The van der Waals surface area contributed by atoms with E-state index in [-0.39, 0.29) is 11.6 Å². The predicted octanol–water partition coefficient (Wildman–Crippen LogP) is 4.16. The van der Waals surface area contributed by atoms with Crippen LogP contribution in [-0.2, 0) is 4.74 Å². The molecule has 1 aromatic carbocycles. The van der Waals surface area contributed by atoms with Gasteiger partial charge in [0.15, 0.2) is 0 Å². The molecule has 22 heavy (non-hydrogen) atoms. The van der Waals surface area contributed by atoms with Gasteiger partial charge in [-0.15, -0.1) is 0 Å². The SMILES string of the molecule is CC(C)(C)OC(=O)N1[C@@H]([C@@H](O)c2cccc(Cl)c2)CC1(C)C. The van der Waals surface area contributed by atoms with Gasteiger partial charge in [-0.25, -0.2) is 4.79 Å². The zero-order valence-corrected chi connectivity index (χ0v) is 14.5. The Hall–Kier alpha value is -1.26. The molecule has 0 bridgehead atoms. The third-order valence-corrected chi connectivity index (χ3v) is 4.07.